The normalized spacial score (nSPS) is 12.3. The second-order valence-electron chi connectivity index (χ2n) is 9.44. The zero-order chi connectivity index (χ0) is 26.9. The average Bonchev–Trinajstić information content (AvgIpc) is 2.83. The van der Waals surface area contributed by atoms with Crippen LogP contribution in [0.3, 0.4) is 0 Å². The van der Waals surface area contributed by atoms with Crippen LogP contribution >= 0.6 is 0 Å². The summed E-state index contributed by atoms with van der Waals surface area (Å²) in [5.74, 6) is 1.24. The third-order valence-electron chi connectivity index (χ3n) is 5.90. The number of esters is 1. The molecular formula is C31H46O5. The molecule has 0 fully saturated rings. The maximum Gasteiger partial charge on any atom is 0.310 e. The van der Waals surface area contributed by atoms with Crippen LogP contribution in [0.1, 0.15) is 78.7 Å². The first-order valence-corrected chi connectivity index (χ1v) is 12.7. The van der Waals surface area contributed by atoms with E-state index in [9.17, 15) is 4.79 Å². The molecule has 0 aliphatic rings. The lowest BCUT2D eigenvalue weighted by molar-refractivity contribution is -0.141. The van der Waals surface area contributed by atoms with Crippen molar-refractivity contribution in [3.8, 4) is 17.2 Å². The van der Waals surface area contributed by atoms with Crippen molar-refractivity contribution >= 4 is 5.97 Å². The molecule has 0 saturated carbocycles. The molecule has 1 aromatic rings. The van der Waals surface area contributed by atoms with Gasteiger partial charge in [0.25, 0.3) is 0 Å². The van der Waals surface area contributed by atoms with Crippen LogP contribution in [-0.4, -0.2) is 33.9 Å². The van der Waals surface area contributed by atoms with Gasteiger partial charge in [-0.15, -0.1) is 0 Å². The Bertz CT molecular complexity index is 921. The van der Waals surface area contributed by atoms with Gasteiger partial charge in [0.05, 0.1) is 27.8 Å². The smallest absolute Gasteiger partial charge is 0.310 e. The number of hydrogen-bond acceptors (Lipinski definition) is 5. The molecule has 0 atom stereocenters. The predicted molar refractivity (Wildman–Crippen MR) is 149 cm³/mol. The summed E-state index contributed by atoms with van der Waals surface area (Å²) in [7, 11) is 4.65. The minimum Gasteiger partial charge on any atom is -0.493 e. The van der Waals surface area contributed by atoms with Gasteiger partial charge >= 0.3 is 5.97 Å². The van der Waals surface area contributed by atoms with E-state index in [2.05, 4.69) is 52.8 Å². The predicted octanol–water partition coefficient (Wildman–Crippen LogP) is 7.94. The molecule has 0 unspecified atom stereocenters. The highest BCUT2D eigenvalue weighted by Crippen LogP contribution is 2.38. The Morgan fingerprint density at radius 3 is 1.61 bits per heavy atom. The highest BCUT2D eigenvalue weighted by Gasteiger charge is 2.15. The monoisotopic (exact) mass is 498 g/mol. The second-order valence-corrected chi connectivity index (χ2v) is 9.44. The van der Waals surface area contributed by atoms with Crippen LogP contribution in [0.5, 0.6) is 17.2 Å². The van der Waals surface area contributed by atoms with Crippen LogP contribution in [0.15, 0.2) is 58.7 Å². The summed E-state index contributed by atoms with van der Waals surface area (Å²) in [6, 6.07) is 3.53. The fraction of sp³-hybridized carbons (Fsp3) is 0.516. The van der Waals surface area contributed by atoms with E-state index in [1.807, 2.05) is 6.08 Å². The van der Waals surface area contributed by atoms with Gasteiger partial charge in [-0.2, -0.15) is 0 Å². The van der Waals surface area contributed by atoms with E-state index < -0.39 is 0 Å². The third-order valence-corrected chi connectivity index (χ3v) is 5.90. The Labute approximate surface area is 218 Å². The van der Waals surface area contributed by atoms with Crippen molar-refractivity contribution < 1.29 is 23.7 Å². The Kier molecular flexibility index (Phi) is 15.1. The van der Waals surface area contributed by atoms with Crippen molar-refractivity contribution in [1.82, 2.24) is 0 Å². The summed E-state index contributed by atoms with van der Waals surface area (Å²) in [6.45, 7) is 11.1. The van der Waals surface area contributed by atoms with Gasteiger partial charge in [-0.05, 0) is 96.9 Å². The Morgan fingerprint density at radius 1 is 0.694 bits per heavy atom. The van der Waals surface area contributed by atoms with Crippen LogP contribution in [0.4, 0.5) is 0 Å². The van der Waals surface area contributed by atoms with Crippen molar-refractivity contribution in [1.29, 1.82) is 0 Å². The van der Waals surface area contributed by atoms with Gasteiger partial charge in [-0.3, -0.25) is 4.79 Å². The van der Waals surface area contributed by atoms with Crippen LogP contribution in [0.25, 0.3) is 0 Å². The lowest BCUT2D eigenvalue weighted by atomic mass is 10.0. The lowest BCUT2D eigenvalue weighted by Crippen LogP contribution is -2.09. The van der Waals surface area contributed by atoms with Gasteiger partial charge in [0.15, 0.2) is 11.5 Å². The standard InChI is InChI=1S/C31H46O5/c1-23(2)12-9-13-24(3)14-10-15-25(4)16-11-17-26(5)18-19-36-30(32)22-27-20-28(33-6)31(35-8)29(21-27)34-7/h12,14,16,18,20-21H,9-11,13,15,17,19,22H2,1-8H3/b24-14+,25-16+,26-18+. The van der Waals surface area contributed by atoms with E-state index in [1.54, 1.807) is 33.5 Å². The molecule has 0 amide bonds. The zero-order valence-electron chi connectivity index (χ0n) is 23.7. The second kappa shape index (κ2) is 17.5. The van der Waals surface area contributed by atoms with E-state index in [4.69, 9.17) is 18.9 Å². The van der Waals surface area contributed by atoms with Crippen molar-refractivity contribution in [2.75, 3.05) is 27.9 Å². The molecule has 0 spiro atoms. The van der Waals surface area contributed by atoms with Gasteiger partial charge in [0.1, 0.15) is 6.61 Å². The molecule has 0 aliphatic carbocycles. The lowest BCUT2D eigenvalue weighted by Gasteiger charge is -2.13. The van der Waals surface area contributed by atoms with E-state index in [0.29, 0.717) is 17.2 Å². The molecule has 0 aromatic heterocycles. The minimum absolute atomic E-state index is 0.133. The van der Waals surface area contributed by atoms with Crippen molar-refractivity contribution in [2.24, 2.45) is 0 Å². The Morgan fingerprint density at radius 2 is 1.17 bits per heavy atom. The summed E-state index contributed by atoms with van der Waals surface area (Å²) in [6.07, 6.45) is 15.5. The maximum atomic E-state index is 12.3. The number of carbonyl (C=O) groups is 1. The first-order valence-electron chi connectivity index (χ1n) is 12.7. The van der Waals surface area contributed by atoms with Crippen LogP contribution in [0, 0.1) is 0 Å². The first-order chi connectivity index (χ1) is 17.2. The molecule has 0 radical (unpaired) electrons. The first kappa shape index (κ1) is 31.1. The van der Waals surface area contributed by atoms with Crippen molar-refractivity contribution in [3.05, 3.63) is 64.3 Å². The van der Waals surface area contributed by atoms with Crippen LogP contribution in [0.2, 0.25) is 0 Å². The van der Waals surface area contributed by atoms with Gasteiger partial charge in [-0.25, -0.2) is 0 Å². The van der Waals surface area contributed by atoms with Crippen LogP contribution < -0.4 is 14.2 Å². The SMILES string of the molecule is COc1cc(CC(=O)OC/C=C(\C)CC/C=C(\C)CC/C=C(\C)CCC=C(C)C)cc(OC)c1OC. The van der Waals surface area contributed by atoms with E-state index in [1.165, 1.54) is 22.3 Å². The highest BCUT2D eigenvalue weighted by molar-refractivity contribution is 5.73. The fourth-order valence-electron chi connectivity index (χ4n) is 3.72. The Hall–Kier alpha value is -2.95. The number of hydrogen-bond donors (Lipinski definition) is 0. The Balaban J connectivity index is 2.41. The van der Waals surface area contributed by atoms with Gasteiger partial charge in [0, 0.05) is 0 Å². The van der Waals surface area contributed by atoms with Gasteiger partial charge < -0.3 is 18.9 Å². The molecule has 1 aromatic carbocycles. The average molecular weight is 499 g/mol. The molecule has 5 nitrogen and oxygen atoms in total. The molecule has 5 heteroatoms. The summed E-state index contributed by atoms with van der Waals surface area (Å²) in [4.78, 5) is 12.3. The molecule has 200 valence electrons. The minimum atomic E-state index is -0.298. The van der Waals surface area contributed by atoms with Crippen LogP contribution in [-0.2, 0) is 16.0 Å². The molecule has 0 bridgehead atoms. The number of benzene rings is 1. The summed E-state index contributed by atoms with van der Waals surface area (Å²) in [5, 5.41) is 0. The summed E-state index contributed by atoms with van der Waals surface area (Å²) in [5.41, 5.74) is 6.25. The zero-order valence-corrected chi connectivity index (χ0v) is 23.7. The number of methoxy groups -OCH3 is 3. The topological polar surface area (TPSA) is 54.0 Å². The van der Waals surface area contributed by atoms with Crippen molar-refractivity contribution in [3.63, 3.8) is 0 Å². The molecule has 36 heavy (non-hydrogen) atoms. The molecular weight excluding hydrogens is 452 g/mol. The third kappa shape index (κ3) is 12.7. The molecule has 0 heterocycles. The van der Waals surface area contributed by atoms with E-state index >= 15 is 0 Å². The number of ether oxygens (including phenoxy) is 4. The summed E-state index contributed by atoms with van der Waals surface area (Å²) < 4.78 is 21.4. The molecule has 1 rings (SSSR count). The number of rotatable bonds is 16. The van der Waals surface area contributed by atoms with E-state index in [0.717, 1.165) is 44.1 Å². The molecule has 0 aliphatic heterocycles. The molecule has 0 saturated heterocycles. The van der Waals surface area contributed by atoms with Gasteiger partial charge in [0.2, 0.25) is 5.75 Å². The largest absolute Gasteiger partial charge is 0.493 e. The fourth-order valence-corrected chi connectivity index (χ4v) is 3.72. The quantitative estimate of drug-likeness (QED) is 0.171. The van der Waals surface area contributed by atoms with E-state index in [-0.39, 0.29) is 19.0 Å². The highest BCUT2D eigenvalue weighted by atomic mass is 16.5. The maximum absolute atomic E-state index is 12.3. The number of allylic oxidation sites excluding steroid dienone is 7. The number of carbonyl (C=O) groups excluding carboxylic acids is 1. The molecule has 0 N–H and O–H groups in total. The summed E-state index contributed by atoms with van der Waals surface area (Å²) >= 11 is 0. The van der Waals surface area contributed by atoms with Gasteiger partial charge in [-0.1, -0.05) is 40.5 Å². The van der Waals surface area contributed by atoms with Crippen molar-refractivity contribution in [2.45, 2.75) is 79.6 Å².